The van der Waals surface area contributed by atoms with Crippen LogP contribution in [0.3, 0.4) is 0 Å². The maximum Gasteiger partial charge on any atom is 0.410 e. The van der Waals surface area contributed by atoms with Gasteiger partial charge < -0.3 is 14.4 Å². The Bertz CT molecular complexity index is 856. The van der Waals surface area contributed by atoms with Crippen LogP contribution in [0.25, 0.3) is 0 Å². The Hall–Kier alpha value is -2.38. The van der Waals surface area contributed by atoms with Gasteiger partial charge in [0.1, 0.15) is 6.10 Å². The minimum Gasteiger partial charge on any atom is -0.442 e. The van der Waals surface area contributed by atoms with Crippen LogP contribution >= 0.6 is 11.6 Å². The molecule has 2 aromatic rings. The van der Waals surface area contributed by atoms with E-state index in [1.165, 1.54) is 0 Å². The summed E-state index contributed by atoms with van der Waals surface area (Å²) in [6.07, 6.45) is 3.13. The van der Waals surface area contributed by atoms with E-state index in [1.54, 1.807) is 18.2 Å². The van der Waals surface area contributed by atoms with Crippen LogP contribution < -0.4 is 4.90 Å². The Morgan fingerprint density at radius 1 is 1.37 bits per heavy atom. The molecule has 7 nitrogen and oxygen atoms in total. The zero-order chi connectivity index (χ0) is 19.0. The van der Waals surface area contributed by atoms with Gasteiger partial charge in [-0.3, -0.25) is 14.9 Å². The summed E-state index contributed by atoms with van der Waals surface area (Å²) in [5.74, 6) is 0. The Labute approximate surface area is 162 Å². The first kappa shape index (κ1) is 18.0. The lowest BCUT2D eigenvalue weighted by atomic mass is 10.1. The monoisotopic (exact) mass is 388 g/mol. The van der Waals surface area contributed by atoms with Crippen molar-refractivity contribution in [2.45, 2.75) is 32.7 Å². The summed E-state index contributed by atoms with van der Waals surface area (Å²) < 4.78 is 10.8. The van der Waals surface area contributed by atoms with Crippen molar-refractivity contribution in [1.29, 1.82) is 0 Å². The van der Waals surface area contributed by atoms with E-state index in [1.807, 2.05) is 25.3 Å². The molecule has 0 aliphatic carbocycles. The quantitative estimate of drug-likeness (QED) is 0.802. The molecule has 1 amide bonds. The van der Waals surface area contributed by atoms with Crippen molar-refractivity contribution in [3.8, 4) is 0 Å². The molecule has 0 N–H and O–H groups in total. The second kappa shape index (κ2) is 7.32. The SMILES string of the molecule is COCc1nc2c(c(C)c1Cl)CN(C(=O)OC1CN(c3cccnc3)C1)C2. The van der Waals surface area contributed by atoms with Crippen LogP contribution in [0, 0.1) is 6.92 Å². The lowest BCUT2D eigenvalue weighted by molar-refractivity contribution is 0.0490. The fourth-order valence-electron chi connectivity index (χ4n) is 3.46. The molecule has 2 aliphatic heterocycles. The van der Waals surface area contributed by atoms with Crippen molar-refractivity contribution in [3.63, 3.8) is 0 Å². The molecule has 2 aromatic heterocycles. The maximum atomic E-state index is 12.6. The van der Waals surface area contributed by atoms with Gasteiger partial charge in [-0.15, -0.1) is 0 Å². The number of pyridine rings is 2. The highest BCUT2D eigenvalue weighted by atomic mass is 35.5. The lowest BCUT2D eigenvalue weighted by Crippen LogP contribution is -2.54. The van der Waals surface area contributed by atoms with Crippen LogP contribution in [0.1, 0.15) is 22.5 Å². The van der Waals surface area contributed by atoms with Crippen LogP contribution in [0.4, 0.5) is 10.5 Å². The summed E-state index contributed by atoms with van der Waals surface area (Å²) in [5, 5.41) is 0.608. The maximum absolute atomic E-state index is 12.6. The number of rotatable bonds is 4. The van der Waals surface area contributed by atoms with E-state index in [9.17, 15) is 4.79 Å². The molecule has 0 radical (unpaired) electrons. The Morgan fingerprint density at radius 3 is 2.89 bits per heavy atom. The van der Waals surface area contributed by atoms with E-state index in [4.69, 9.17) is 21.1 Å². The van der Waals surface area contributed by atoms with Crippen molar-refractivity contribution in [2.75, 3.05) is 25.1 Å². The molecule has 4 rings (SSSR count). The van der Waals surface area contributed by atoms with E-state index < -0.39 is 0 Å². The summed E-state index contributed by atoms with van der Waals surface area (Å²) in [5.41, 5.74) is 4.57. The number of anilines is 1. The first-order valence-electron chi connectivity index (χ1n) is 8.83. The third-order valence-electron chi connectivity index (χ3n) is 5.01. The number of amides is 1. The molecule has 4 heterocycles. The molecular weight excluding hydrogens is 368 g/mol. The Balaban J connectivity index is 1.36. The van der Waals surface area contributed by atoms with Gasteiger partial charge in [0.15, 0.2) is 0 Å². The molecule has 1 saturated heterocycles. The average Bonchev–Trinajstić information content (AvgIpc) is 3.07. The second-order valence-corrected chi connectivity index (χ2v) is 7.21. The van der Waals surface area contributed by atoms with Crippen LogP contribution in [0.15, 0.2) is 24.5 Å². The van der Waals surface area contributed by atoms with E-state index in [2.05, 4.69) is 14.9 Å². The second-order valence-electron chi connectivity index (χ2n) is 6.83. The third-order valence-corrected chi connectivity index (χ3v) is 5.51. The molecule has 0 unspecified atom stereocenters. The van der Waals surface area contributed by atoms with E-state index in [0.29, 0.717) is 43.5 Å². The van der Waals surface area contributed by atoms with Crippen molar-refractivity contribution >= 4 is 23.4 Å². The standard InChI is InChI=1S/C19H21ClN4O3/c1-12-15-9-24(10-16(15)22-17(11-26-2)18(12)20)19(25)27-14-7-23(8-14)13-4-3-5-21-6-13/h3-6,14H,7-11H2,1-2H3. The number of aromatic nitrogens is 2. The zero-order valence-electron chi connectivity index (χ0n) is 15.3. The Morgan fingerprint density at radius 2 is 2.19 bits per heavy atom. The zero-order valence-corrected chi connectivity index (χ0v) is 16.1. The third kappa shape index (κ3) is 3.44. The predicted molar refractivity (Wildman–Crippen MR) is 101 cm³/mol. The van der Waals surface area contributed by atoms with E-state index in [-0.39, 0.29) is 12.2 Å². The lowest BCUT2D eigenvalue weighted by Gasteiger charge is -2.40. The minimum absolute atomic E-state index is 0.108. The van der Waals surface area contributed by atoms with Crippen molar-refractivity contribution < 1.29 is 14.3 Å². The number of hydrogen-bond donors (Lipinski definition) is 0. The van der Waals surface area contributed by atoms with Gasteiger partial charge in [0.2, 0.25) is 0 Å². The van der Waals surface area contributed by atoms with Crippen molar-refractivity contribution in [2.24, 2.45) is 0 Å². The number of carbonyl (C=O) groups is 1. The molecule has 8 heteroatoms. The average molecular weight is 389 g/mol. The number of halogens is 1. The summed E-state index contributed by atoms with van der Waals surface area (Å²) in [4.78, 5) is 25.0. The molecule has 2 aliphatic rings. The Kier molecular flexibility index (Phi) is 4.88. The number of hydrogen-bond acceptors (Lipinski definition) is 6. The van der Waals surface area contributed by atoms with Gasteiger partial charge in [-0.2, -0.15) is 0 Å². The number of carbonyl (C=O) groups excluding carboxylic acids is 1. The molecule has 0 spiro atoms. The molecule has 0 saturated carbocycles. The predicted octanol–water partition coefficient (Wildman–Crippen LogP) is 2.93. The largest absolute Gasteiger partial charge is 0.442 e. The summed E-state index contributed by atoms with van der Waals surface area (Å²) in [6.45, 7) is 4.57. The molecule has 0 atom stereocenters. The van der Waals surface area contributed by atoms with E-state index in [0.717, 1.165) is 22.5 Å². The van der Waals surface area contributed by atoms with Gasteiger partial charge in [0, 0.05) is 13.3 Å². The van der Waals surface area contributed by atoms with Crippen molar-refractivity contribution in [3.05, 3.63) is 52.1 Å². The highest BCUT2D eigenvalue weighted by Crippen LogP contribution is 2.32. The van der Waals surface area contributed by atoms with Crippen LogP contribution in [-0.2, 0) is 29.2 Å². The first-order chi connectivity index (χ1) is 13.1. The molecular formula is C19H21ClN4O3. The van der Waals surface area contributed by atoms with Gasteiger partial charge in [-0.05, 0) is 30.2 Å². The van der Waals surface area contributed by atoms with Crippen LogP contribution in [0.5, 0.6) is 0 Å². The number of nitrogens with zero attached hydrogens (tertiary/aromatic N) is 4. The van der Waals surface area contributed by atoms with Gasteiger partial charge in [-0.1, -0.05) is 11.6 Å². The fourth-order valence-corrected chi connectivity index (χ4v) is 3.67. The fraction of sp³-hybridized carbons (Fsp3) is 0.421. The topological polar surface area (TPSA) is 67.8 Å². The summed E-state index contributed by atoms with van der Waals surface area (Å²) >= 11 is 6.39. The highest BCUT2D eigenvalue weighted by Gasteiger charge is 2.34. The molecule has 0 bridgehead atoms. The molecule has 1 fully saturated rings. The van der Waals surface area contributed by atoms with Crippen molar-refractivity contribution in [1.82, 2.24) is 14.9 Å². The summed E-state index contributed by atoms with van der Waals surface area (Å²) in [7, 11) is 1.61. The van der Waals surface area contributed by atoms with Gasteiger partial charge >= 0.3 is 6.09 Å². The van der Waals surface area contributed by atoms with Gasteiger partial charge in [-0.25, -0.2) is 4.79 Å². The van der Waals surface area contributed by atoms with Gasteiger partial charge in [0.05, 0.1) is 61.1 Å². The first-order valence-corrected chi connectivity index (χ1v) is 9.20. The number of methoxy groups -OCH3 is 1. The molecule has 142 valence electrons. The van der Waals surface area contributed by atoms with E-state index >= 15 is 0 Å². The highest BCUT2D eigenvalue weighted by molar-refractivity contribution is 6.32. The van der Waals surface area contributed by atoms with Gasteiger partial charge in [0.25, 0.3) is 0 Å². The molecule has 27 heavy (non-hydrogen) atoms. The summed E-state index contributed by atoms with van der Waals surface area (Å²) in [6, 6.07) is 3.90. The number of fused-ring (bicyclic) bond motifs is 1. The van der Waals surface area contributed by atoms with Crippen LogP contribution in [0.2, 0.25) is 5.02 Å². The minimum atomic E-state index is -0.312. The number of ether oxygens (including phenoxy) is 2. The van der Waals surface area contributed by atoms with Crippen LogP contribution in [-0.4, -0.2) is 47.3 Å². The normalized spacial score (nSPS) is 16.3. The smallest absolute Gasteiger partial charge is 0.410 e. The molecule has 0 aromatic carbocycles.